The maximum Gasteiger partial charge on any atom is 0.271 e. The lowest BCUT2D eigenvalue weighted by Crippen LogP contribution is -2.38. The Morgan fingerprint density at radius 2 is 1.83 bits per heavy atom. The topological polar surface area (TPSA) is 52.8 Å². The summed E-state index contributed by atoms with van der Waals surface area (Å²) in [4.78, 5) is 19.7. The molecule has 2 aliphatic rings. The highest BCUT2D eigenvalue weighted by molar-refractivity contribution is 7.07. The molecule has 0 saturated heterocycles. The third-order valence-corrected chi connectivity index (χ3v) is 7.76. The minimum atomic E-state index is -0.164. The van der Waals surface area contributed by atoms with Crippen LogP contribution in [-0.4, -0.2) is 18.3 Å². The van der Waals surface area contributed by atoms with Crippen molar-refractivity contribution in [2.45, 2.75) is 25.8 Å². The molecule has 1 aliphatic carbocycles. The SMILES string of the molecule is CCOc1cc(/C=c2/sc3n(c2=O)[C@@H](c2ccccc2)C2=C(N=3)c3ccccc3CC2)ccc1OC. The number of benzene rings is 3. The molecule has 36 heavy (non-hydrogen) atoms. The molecule has 6 rings (SSSR count). The summed E-state index contributed by atoms with van der Waals surface area (Å²) in [6.07, 6.45) is 3.75. The van der Waals surface area contributed by atoms with E-state index >= 15 is 0 Å². The fraction of sp³-hybridized carbons (Fsp3) is 0.200. The molecule has 1 atom stereocenters. The molecule has 6 heteroatoms. The molecule has 5 nitrogen and oxygen atoms in total. The molecule has 0 spiro atoms. The van der Waals surface area contributed by atoms with E-state index in [9.17, 15) is 4.79 Å². The second-order valence-electron chi connectivity index (χ2n) is 8.87. The molecular weight excluding hydrogens is 468 g/mol. The number of nitrogens with zero attached hydrogens (tertiary/aromatic N) is 2. The summed E-state index contributed by atoms with van der Waals surface area (Å²) in [5, 5.41) is 0. The van der Waals surface area contributed by atoms with E-state index in [0.717, 1.165) is 34.5 Å². The average Bonchev–Trinajstić information content (AvgIpc) is 3.22. The van der Waals surface area contributed by atoms with Crippen LogP contribution in [0.2, 0.25) is 0 Å². The standard InChI is InChI=1S/C30H26N2O3S/c1-3-35-25-17-19(13-16-24(25)34-2)18-26-29(33)32-28(21-10-5-4-6-11-21)23-15-14-20-9-7-8-12-22(20)27(23)31-30(32)36-26/h4-13,16-18,28H,3,14-15H2,1-2H3/b26-18+/t28-/m0/s1. The van der Waals surface area contributed by atoms with Gasteiger partial charge in [-0.25, -0.2) is 4.99 Å². The zero-order valence-corrected chi connectivity index (χ0v) is 21.0. The number of methoxy groups -OCH3 is 1. The van der Waals surface area contributed by atoms with Crippen molar-refractivity contribution in [1.29, 1.82) is 0 Å². The number of aryl methyl sites for hydroxylation is 1. The average molecular weight is 495 g/mol. The Kier molecular flexibility index (Phi) is 5.82. The van der Waals surface area contributed by atoms with Crippen LogP contribution in [0.1, 0.15) is 41.6 Å². The number of fused-ring (bicyclic) bond motifs is 3. The van der Waals surface area contributed by atoms with E-state index in [4.69, 9.17) is 14.5 Å². The van der Waals surface area contributed by atoms with E-state index in [1.807, 2.05) is 54.0 Å². The van der Waals surface area contributed by atoms with Crippen LogP contribution in [0.4, 0.5) is 0 Å². The van der Waals surface area contributed by atoms with Crippen LogP contribution in [0.25, 0.3) is 11.8 Å². The first kappa shape index (κ1) is 22.6. The van der Waals surface area contributed by atoms with Crippen LogP contribution in [0.15, 0.2) is 88.2 Å². The first-order chi connectivity index (χ1) is 17.7. The van der Waals surface area contributed by atoms with Crippen LogP contribution in [0.3, 0.4) is 0 Å². The minimum Gasteiger partial charge on any atom is -0.493 e. The normalized spacial score (nSPS) is 16.6. The molecule has 0 fully saturated rings. The van der Waals surface area contributed by atoms with Gasteiger partial charge in [-0.15, -0.1) is 0 Å². The van der Waals surface area contributed by atoms with Crippen molar-refractivity contribution >= 4 is 23.1 Å². The van der Waals surface area contributed by atoms with Crippen LogP contribution < -0.4 is 24.4 Å². The molecule has 0 unspecified atom stereocenters. The molecule has 0 bridgehead atoms. The molecule has 0 amide bonds. The van der Waals surface area contributed by atoms with Gasteiger partial charge in [0, 0.05) is 5.56 Å². The quantitative estimate of drug-likeness (QED) is 0.403. The van der Waals surface area contributed by atoms with Gasteiger partial charge < -0.3 is 9.47 Å². The van der Waals surface area contributed by atoms with Gasteiger partial charge >= 0.3 is 0 Å². The molecule has 0 radical (unpaired) electrons. The smallest absolute Gasteiger partial charge is 0.271 e. The van der Waals surface area contributed by atoms with Crippen molar-refractivity contribution in [2.75, 3.05) is 13.7 Å². The van der Waals surface area contributed by atoms with Crippen molar-refractivity contribution in [3.8, 4) is 11.5 Å². The number of hydrogen-bond acceptors (Lipinski definition) is 5. The van der Waals surface area contributed by atoms with Crippen molar-refractivity contribution in [2.24, 2.45) is 4.99 Å². The van der Waals surface area contributed by atoms with Gasteiger partial charge in [0.05, 0.1) is 30.0 Å². The Balaban J connectivity index is 1.56. The predicted octanol–water partition coefficient (Wildman–Crippen LogP) is 4.73. The van der Waals surface area contributed by atoms with E-state index in [0.29, 0.717) is 22.6 Å². The van der Waals surface area contributed by atoms with Crippen molar-refractivity contribution in [3.63, 3.8) is 0 Å². The lowest BCUT2D eigenvalue weighted by Gasteiger charge is -2.30. The maximum absolute atomic E-state index is 13.9. The summed E-state index contributed by atoms with van der Waals surface area (Å²) in [6.45, 7) is 2.47. The van der Waals surface area contributed by atoms with E-state index in [-0.39, 0.29) is 11.6 Å². The van der Waals surface area contributed by atoms with Crippen LogP contribution in [0.5, 0.6) is 11.5 Å². The van der Waals surface area contributed by atoms with E-state index in [1.54, 1.807) is 7.11 Å². The van der Waals surface area contributed by atoms with Gasteiger partial charge in [-0.2, -0.15) is 0 Å². The number of hydrogen-bond donors (Lipinski definition) is 0. The Labute approximate surface area is 213 Å². The molecular formula is C30H26N2O3S. The third-order valence-electron chi connectivity index (χ3n) is 6.77. The Hall–Kier alpha value is -3.90. The van der Waals surface area contributed by atoms with E-state index in [1.165, 1.54) is 28.0 Å². The molecule has 0 N–H and O–H groups in total. The highest BCUT2D eigenvalue weighted by atomic mass is 32.1. The summed E-state index contributed by atoms with van der Waals surface area (Å²) in [6, 6.07) is 24.3. The second kappa shape index (κ2) is 9.28. The lowest BCUT2D eigenvalue weighted by atomic mass is 9.83. The minimum absolute atomic E-state index is 0.0215. The van der Waals surface area contributed by atoms with Crippen LogP contribution >= 0.6 is 11.3 Å². The fourth-order valence-corrected chi connectivity index (χ4v) is 6.16. The molecule has 180 valence electrons. The third kappa shape index (κ3) is 3.78. The van der Waals surface area contributed by atoms with E-state index in [2.05, 4.69) is 36.4 Å². The van der Waals surface area contributed by atoms with Gasteiger partial charge in [-0.05, 0) is 60.2 Å². The number of rotatable bonds is 5. The van der Waals surface area contributed by atoms with Crippen LogP contribution in [-0.2, 0) is 6.42 Å². The Bertz CT molecular complexity index is 1660. The first-order valence-electron chi connectivity index (χ1n) is 12.2. The van der Waals surface area contributed by atoms with Crippen molar-refractivity contribution in [1.82, 2.24) is 4.57 Å². The molecule has 3 aromatic carbocycles. The second-order valence-corrected chi connectivity index (χ2v) is 9.88. The Morgan fingerprint density at radius 3 is 2.64 bits per heavy atom. The predicted molar refractivity (Wildman–Crippen MR) is 143 cm³/mol. The highest BCUT2D eigenvalue weighted by Crippen LogP contribution is 2.41. The van der Waals surface area contributed by atoms with Gasteiger partial charge in [0.2, 0.25) is 0 Å². The maximum atomic E-state index is 13.9. The zero-order chi connectivity index (χ0) is 24.6. The zero-order valence-electron chi connectivity index (χ0n) is 20.2. The van der Waals surface area contributed by atoms with Gasteiger partial charge in [0.1, 0.15) is 0 Å². The fourth-order valence-electron chi connectivity index (χ4n) is 5.16. The molecule has 1 aliphatic heterocycles. The number of thiazole rings is 1. The molecule has 1 aromatic heterocycles. The summed E-state index contributed by atoms with van der Waals surface area (Å²) >= 11 is 1.44. The summed E-state index contributed by atoms with van der Waals surface area (Å²) in [7, 11) is 1.62. The van der Waals surface area contributed by atoms with Gasteiger partial charge in [0.15, 0.2) is 16.3 Å². The Morgan fingerprint density at radius 1 is 1.03 bits per heavy atom. The molecule has 2 heterocycles. The van der Waals surface area contributed by atoms with Gasteiger partial charge in [-0.3, -0.25) is 9.36 Å². The molecule has 4 aromatic rings. The summed E-state index contributed by atoms with van der Waals surface area (Å²) in [5.74, 6) is 1.33. The van der Waals surface area contributed by atoms with E-state index < -0.39 is 0 Å². The largest absolute Gasteiger partial charge is 0.493 e. The van der Waals surface area contributed by atoms with Gasteiger partial charge in [-0.1, -0.05) is 72.0 Å². The lowest BCUT2D eigenvalue weighted by molar-refractivity contribution is 0.311. The number of ether oxygens (including phenoxy) is 2. The van der Waals surface area contributed by atoms with Gasteiger partial charge in [0.25, 0.3) is 5.56 Å². The van der Waals surface area contributed by atoms with Crippen molar-refractivity contribution in [3.05, 3.63) is 120 Å². The van der Waals surface area contributed by atoms with Crippen LogP contribution in [0, 0.1) is 0 Å². The monoisotopic (exact) mass is 494 g/mol. The first-order valence-corrected chi connectivity index (χ1v) is 13.0. The number of aromatic nitrogens is 1. The highest BCUT2D eigenvalue weighted by Gasteiger charge is 2.32. The van der Waals surface area contributed by atoms with Crippen molar-refractivity contribution < 1.29 is 9.47 Å². The summed E-state index contributed by atoms with van der Waals surface area (Å²) in [5.41, 5.74) is 6.68. The molecule has 0 saturated carbocycles. The number of allylic oxidation sites excluding steroid dienone is 1. The summed E-state index contributed by atoms with van der Waals surface area (Å²) < 4.78 is 13.7.